The number of benzene rings is 1. The predicted octanol–water partition coefficient (Wildman–Crippen LogP) is 3.30. The van der Waals surface area contributed by atoms with Crippen molar-refractivity contribution in [2.45, 2.75) is 50.8 Å². The van der Waals surface area contributed by atoms with Crippen molar-refractivity contribution >= 4 is 27.5 Å². The molecule has 0 bridgehead atoms. The van der Waals surface area contributed by atoms with Crippen LogP contribution in [0.3, 0.4) is 0 Å². The highest BCUT2D eigenvalue weighted by Crippen LogP contribution is 2.31. The Bertz CT molecular complexity index is 1110. The Hall–Kier alpha value is -2.65. The van der Waals surface area contributed by atoms with E-state index < -0.39 is 10.0 Å². The third kappa shape index (κ3) is 4.84. The summed E-state index contributed by atoms with van der Waals surface area (Å²) in [5.74, 6) is -0.555. The van der Waals surface area contributed by atoms with Gasteiger partial charge in [0, 0.05) is 49.2 Å². The summed E-state index contributed by atoms with van der Waals surface area (Å²) in [6.07, 6.45) is 3.85. The number of amides is 2. The smallest absolute Gasteiger partial charge is 0.257 e. The van der Waals surface area contributed by atoms with Gasteiger partial charge in [-0.1, -0.05) is 18.2 Å². The molecule has 2 saturated heterocycles. The zero-order valence-electron chi connectivity index (χ0n) is 19.3. The number of carbonyl (C=O) groups is 2. The van der Waals surface area contributed by atoms with Crippen LogP contribution in [-0.4, -0.2) is 60.6 Å². The van der Waals surface area contributed by atoms with E-state index in [0.717, 1.165) is 24.9 Å². The van der Waals surface area contributed by atoms with Gasteiger partial charge in [-0.25, -0.2) is 8.42 Å². The van der Waals surface area contributed by atoms with Crippen LogP contribution in [0.4, 0.5) is 5.69 Å². The number of aromatic nitrogens is 1. The number of nitrogens with one attached hydrogen (secondary N) is 2. The molecule has 2 aliphatic heterocycles. The quantitative estimate of drug-likeness (QED) is 0.697. The topological polar surface area (TPSA) is 103 Å². The van der Waals surface area contributed by atoms with Crippen molar-refractivity contribution in [2.24, 2.45) is 5.92 Å². The van der Waals surface area contributed by atoms with Crippen LogP contribution in [0, 0.1) is 19.8 Å². The molecule has 2 amide bonds. The molecule has 178 valence electrons. The van der Waals surface area contributed by atoms with Crippen molar-refractivity contribution in [3.8, 4) is 0 Å². The summed E-state index contributed by atoms with van der Waals surface area (Å²) in [5.41, 5.74) is 2.06. The molecule has 2 fully saturated rings. The van der Waals surface area contributed by atoms with E-state index in [9.17, 15) is 18.0 Å². The van der Waals surface area contributed by atoms with Crippen molar-refractivity contribution in [2.75, 3.05) is 31.5 Å². The Labute approximate surface area is 195 Å². The van der Waals surface area contributed by atoms with E-state index >= 15 is 0 Å². The molecule has 1 aromatic carbocycles. The Morgan fingerprint density at radius 1 is 0.939 bits per heavy atom. The van der Waals surface area contributed by atoms with E-state index in [1.807, 2.05) is 30.3 Å². The molecule has 2 N–H and O–H groups in total. The first kappa shape index (κ1) is 23.5. The Kier molecular flexibility index (Phi) is 6.90. The van der Waals surface area contributed by atoms with Gasteiger partial charge in [0.05, 0.1) is 5.56 Å². The lowest BCUT2D eigenvalue weighted by molar-refractivity contribution is -0.120. The van der Waals surface area contributed by atoms with Crippen molar-refractivity contribution in [3.63, 3.8) is 0 Å². The number of rotatable bonds is 5. The number of sulfonamides is 1. The maximum Gasteiger partial charge on any atom is 0.257 e. The SMILES string of the molecule is Cc1[nH]c(C)c(S(=O)(=O)N2CCC(C(=O)Nc3ccccc3)CC2)c1C(=O)N1CCCCC1. The minimum absolute atomic E-state index is 0.0859. The van der Waals surface area contributed by atoms with Gasteiger partial charge < -0.3 is 15.2 Å². The molecule has 0 radical (unpaired) electrons. The fourth-order valence-corrected chi connectivity index (χ4v) is 6.73. The second-order valence-corrected chi connectivity index (χ2v) is 10.8. The maximum atomic E-state index is 13.6. The van der Waals surface area contributed by atoms with E-state index in [-0.39, 0.29) is 41.3 Å². The highest BCUT2D eigenvalue weighted by atomic mass is 32.2. The van der Waals surface area contributed by atoms with Gasteiger partial charge in [-0.3, -0.25) is 9.59 Å². The van der Waals surface area contributed by atoms with E-state index in [2.05, 4.69) is 10.3 Å². The molecule has 2 aliphatic rings. The van der Waals surface area contributed by atoms with Gasteiger partial charge in [0.1, 0.15) is 4.90 Å². The number of aromatic amines is 1. The van der Waals surface area contributed by atoms with Crippen LogP contribution in [0.2, 0.25) is 0 Å². The molecule has 33 heavy (non-hydrogen) atoms. The first-order valence-corrected chi connectivity index (χ1v) is 13.1. The maximum absolute atomic E-state index is 13.6. The van der Waals surface area contributed by atoms with E-state index in [1.54, 1.807) is 18.7 Å². The lowest BCUT2D eigenvalue weighted by Crippen LogP contribution is -2.42. The van der Waals surface area contributed by atoms with Gasteiger partial charge in [-0.15, -0.1) is 0 Å². The van der Waals surface area contributed by atoms with Gasteiger partial charge in [0.2, 0.25) is 15.9 Å². The minimum atomic E-state index is -3.87. The average molecular weight is 473 g/mol. The zero-order valence-corrected chi connectivity index (χ0v) is 20.1. The first-order valence-electron chi connectivity index (χ1n) is 11.6. The van der Waals surface area contributed by atoms with Crippen molar-refractivity contribution in [1.29, 1.82) is 0 Å². The predicted molar refractivity (Wildman–Crippen MR) is 127 cm³/mol. The van der Waals surface area contributed by atoms with Gasteiger partial charge >= 0.3 is 0 Å². The second kappa shape index (κ2) is 9.69. The van der Waals surface area contributed by atoms with Gasteiger partial charge in [-0.2, -0.15) is 4.31 Å². The highest BCUT2D eigenvalue weighted by Gasteiger charge is 2.38. The van der Waals surface area contributed by atoms with Crippen LogP contribution in [0.25, 0.3) is 0 Å². The third-order valence-corrected chi connectivity index (χ3v) is 8.71. The minimum Gasteiger partial charge on any atom is -0.361 e. The lowest BCUT2D eigenvalue weighted by Gasteiger charge is -2.31. The Balaban J connectivity index is 1.49. The molecular weight excluding hydrogens is 440 g/mol. The van der Waals surface area contributed by atoms with Crippen LogP contribution in [0.15, 0.2) is 35.2 Å². The number of likely N-dealkylation sites (tertiary alicyclic amines) is 1. The number of aryl methyl sites for hydroxylation is 2. The Morgan fingerprint density at radius 2 is 1.58 bits per heavy atom. The molecule has 0 saturated carbocycles. The zero-order chi connectivity index (χ0) is 23.6. The standard InChI is InChI=1S/C24H32N4O4S/c1-17-21(24(30)27-13-7-4-8-14-27)22(18(2)25-17)33(31,32)28-15-11-19(12-16-28)23(29)26-20-9-5-3-6-10-20/h3,5-6,9-10,19,25H,4,7-8,11-16H2,1-2H3,(H,26,29). The van der Waals surface area contributed by atoms with Crippen LogP contribution in [-0.2, 0) is 14.8 Å². The van der Waals surface area contributed by atoms with Crippen LogP contribution < -0.4 is 5.32 Å². The molecule has 1 aromatic heterocycles. The largest absolute Gasteiger partial charge is 0.361 e. The molecule has 9 heteroatoms. The fourth-order valence-electron chi connectivity index (χ4n) is 4.85. The lowest BCUT2D eigenvalue weighted by atomic mass is 9.97. The van der Waals surface area contributed by atoms with Crippen LogP contribution >= 0.6 is 0 Å². The van der Waals surface area contributed by atoms with Crippen molar-refractivity contribution < 1.29 is 18.0 Å². The third-order valence-electron chi connectivity index (χ3n) is 6.64. The molecule has 8 nitrogen and oxygen atoms in total. The summed E-state index contributed by atoms with van der Waals surface area (Å²) in [6, 6.07) is 9.25. The van der Waals surface area contributed by atoms with Gasteiger partial charge in [-0.05, 0) is 58.1 Å². The summed E-state index contributed by atoms with van der Waals surface area (Å²) in [5, 5.41) is 2.91. The average Bonchev–Trinajstić information content (AvgIpc) is 3.14. The molecule has 0 unspecified atom stereocenters. The van der Waals surface area contributed by atoms with E-state index in [0.29, 0.717) is 37.3 Å². The van der Waals surface area contributed by atoms with Crippen molar-refractivity contribution in [1.82, 2.24) is 14.2 Å². The number of anilines is 1. The van der Waals surface area contributed by atoms with E-state index in [1.165, 1.54) is 4.31 Å². The fraction of sp³-hybridized carbons (Fsp3) is 0.500. The monoisotopic (exact) mass is 472 g/mol. The normalized spacial score (nSPS) is 18.3. The summed E-state index contributed by atoms with van der Waals surface area (Å²) >= 11 is 0. The first-order chi connectivity index (χ1) is 15.8. The molecule has 2 aromatic rings. The number of H-pyrrole nitrogens is 1. The molecule has 0 aliphatic carbocycles. The molecular formula is C24H32N4O4S. The molecule has 0 spiro atoms. The van der Waals surface area contributed by atoms with E-state index in [4.69, 9.17) is 0 Å². The van der Waals surface area contributed by atoms with Gasteiger partial charge in [0.15, 0.2) is 0 Å². The van der Waals surface area contributed by atoms with Crippen molar-refractivity contribution in [3.05, 3.63) is 47.3 Å². The molecule has 3 heterocycles. The number of hydrogen-bond donors (Lipinski definition) is 2. The molecule has 4 rings (SSSR count). The summed E-state index contributed by atoms with van der Waals surface area (Å²) in [7, 11) is -3.87. The number of piperidine rings is 2. The highest BCUT2D eigenvalue weighted by molar-refractivity contribution is 7.89. The summed E-state index contributed by atoms with van der Waals surface area (Å²) in [6.45, 7) is 5.26. The number of para-hydroxylation sites is 1. The van der Waals surface area contributed by atoms with Crippen LogP contribution in [0.5, 0.6) is 0 Å². The number of hydrogen-bond acceptors (Lipinski definition) is 4. The number of nitrogens with zero attached hydrogens (tertiary/aromatic N) is 2. The Morgan fingerprint density at radius 3 is 2.21 bits per heavy atom. The summed E-state index contributed by atoms with van der Waals surface area (Å²) in [4.78, 5) is 30.8. The number of carbonyl (C=O) groups excluding carboxylic acids is 2. The molecule has 0 atom stereocenters. The van der Waals surface area contributed by atoms with Crippen LogP contribution in [0.1, 0.15) is 53.8 Å². The van der Waals surface area contributed by atoms with Gasteiger partial charge in [0.25, 0.3) is 5.91 Å². The second-order valence-electron chi connectivity index (χ2n) is 8.97. The summed E-state index contributed by atoms with van der Waals surface area (Å²) < 4.78 is 28.7.